The summed E-state index contributed by atoms with van der Waals surface area (Å²) in [6, 6.07) is 9.66. The van der Waals surface area contributed by atoms with Crippen LogP contribution in [0, 0.1) is 0 Å². The minimum absolute atomic E-state index is 0.202. The molecule has 0 aromatic heterocycles. The molecule has 2 heterocycles. The number of nitrogens with one attached hydrogen (secondary N) is 1. The lowest BCUT2D eigenvalue weighted by Crippen LogP contribution is -2.46. The molecule has 5 heteroatoms. The van der Waals surface area contributed by atoms with Gasteiger partial charge in [-0.2, -0.15) is 11.8 Å². The molecule has 0 radical (unpaired) electrons. The number of rotatable bonds is 2. The van der Waals surface area contributed by atoms with Gasteiger partial charge < -0.3 is 15.0 Å². The SMILES string of the molecule is COC(=O)N1CCC(N[C@H]2CSCc3ccccc32)CC1. The maximum Gasteiger partial charge on any atom is 0.409 e. The van der Waals surface area contributed by atoms with E-state index in [1.54, 1.807) is 4.90 Å². The second-order valence-corrected chi connectivity index (χ2v) is 6.69. The zero-order valence-electron chi connectivity index (χ0n) is 12.4. The van der Waals surface area contributed by atoms with Gasteiger partial charge in [0, 0.05) is 36.7 Å². The van der Waals surface area contributed by atoms with Crippen LogP contribution in [0.5, 0.6) is 0 Å². The number of fused-ring (bicyclic) bond motifs is 1. The summed E-state index contributed by atoms with van der Waals surface area (Å²) in [5.74, 6) is 2.25. The van der Waals surface area contributed by atoms with Crippen molar-refractivity contribution < 1.29 is 9.53 Å². The number of thioether (sulfide) groups is 1. The van der Waals surface area contributed by atoms with E-state index in [0.29, 0.717) is 12.1 Å². The lowest BCUT2D eigenvalue weighted by atomic mass is 9.98. The van der Waals surface area contributed by atoms with Crippen LogP contribution in [0.3, 0.4) is 0 Å². The maximum atomic E-state index is 11.5. The minimum atomic E-state index is -0.202. The fraction of sp³-hybridized carbons (Fsp3) is 0.562. The third kappa shape index (κ3) is 3.35. The van der Waals surface area contributed by atoms with Gasteiger partial charge in [-0.3, -0.25) is 0 Å². The Balaban J connectivity index is 1.58. The van der Waals surface area contributed by atoms with Crippen LogP contribution < -0.4 is 5.32 Å². The van der Waals surface area contributed by atoms with Crippen LogP contribution >= 0.6 is 11.8 Å². The molecule has 0 spiro atoms. The number of ether oxygens (including phenoxy) is 1. The van der Waals surface area contributed by atoms with E-state index in [-0.39, 0.29) is 6.09 Å². The van der Waals surface area contributed by atoms with Crippen LogP contribution in [-0.4, -0.2) is 43.0 Å². The number of benzene rings is 1. The predicted octanol–water partition coefficient (Wildman–Crippen LogP) is 2.79. The summed E-state index contributed by atoms with van der Waals surface area (Å²) in [5, 5.41) is 3.79. The molecular weight excluding hydrogens is 284 g/mol. The first-order valence-electron chi connectivity index (χ1n) is 7.52. The lowest BCUT2D eigenvalue weighted by molar-refractivity contribution is 0.109. The van der Waals surface area contributed by atoms with E-state index in [1.807, 2.05) is 11.8 Å². The largest absolute Gasteiger partial charge is 0.453 e. The number of nitrogens with zero attached hydrogens (tertiary/aromatic N) is 1. The zero-order chi connectivity index (χ0) is 14.7. The van der Waals surface area contributed by atoms with Gasteiger partial charge in [0.2, 0.25) is 0 Å². The predicted molar refractivity (Wildman–Crippen MR) is 85.5 cm³/mol. The highest BCUT2D eigenvalue weighted by atomic mass is 32.2. The van der Waals surface area contributed by atoms with E-state index in [0.717, 1.165) is 37.4 Å². The minimum Gasteiger partial charge on any atom is -0.453 e. The number of hydrogen-bond donors (Lipinski definition) is 1. The average Bonchev–Trinajstić information content (AvgIpc) is 2.55. The van der Waals surface area contributed by atoms with Crippen molar-refractivity contribution in [3.05, 3.63) is 35.4 Å². The van der Waals surface area contributed by atoms with Crippen molar-refractivity contribution in [2.75, 3.05) is 26.0 Å². The van der Waals surface area contributed by atoms with E-state index >= 15 is 0 Å². The third-order valence-electron chi connectivity index (χ3n) is 4.34. The third-order valence-corrected chi connectivity index (χ3v) is 5.42. The van der Waals surface area contributed by atoms with Crippen LogP contribution in [0.1, 0.15) is 30.0 Å². The summed E-state index contributed by atoms with van der Waals surface area (Å²) in [4.78, 5) is 13.3. The van der Waals surface area contributed by atoms with Crippen LogP contribution in [0.2, 0.25) is 0 Å². The van der Waals surface area contributed by atoms with E-state index < -0.39 is 0 Å². The molecule has 0 unspecified atom stereocenters. The summed E-state index contributed by atoms with van der Waals surface area (Å²) in [7, 11) is 1.45. The first kappa shape index (κ1) is 14.7. The normalized spacial score (nSPS) is 22.7. The van der Waals surface area contributed by atoms with E-state index in [2.05, 4.69) is 29.6 Å². The van der Waals surface area contributed by atoms with Crippen molar-refractivity contribution in [1.82, 2.24) is 10.2 Å². The second kappa shape index (κ2) is 6.71. The highest BCUT2D eigenvalue weighted by Crippen LogP contribution is 2.32. The maximum absolute atomic E-state index is 11.5. The highest BCUT2D eigenvalue weighted by molar-refractivity contribution is 7.98. The summed E-state index contributed by atoms with van der Waals surface area (Å²) in [6.07, 6.45) is 1.80. The molecule has 0 aliphatic carbocycles. The molecule has 1 aromatic rings. The fourth-order valence-electron chi connectivity index (χ4n) is 3.16. The first-order chi connectivity index (χ1) is 10.3. The Labute approximate surface area is 130 Å². The standard InChI is InChI=1S/C16H22N2O2S/c1-20-16(19)18-8-6-13(7-9-18)17-15-11-21-10-12-4-2-3-5-14(12)15/h2-5,13,15,17H,6-11H2,1H3/t15-/m0/s1. The summed E-state index contributed by atoms with van der Waals surface area (Å²) in [6.45, 7) is 1.57. The summed E-state index contributed by atoms with van der Waals surface area (Å²) < 4.78 is 4.78. The molecule has 4 nitrogen and oxygen atoms in total. The van der Waals surface area contributed by atoms with E-state index in [9.17, 15) is 4.79 Å². The Hall–Kier alpha value is -1.20. The number of piperidine rings is 1. The van der Waals surface area contributed by atoms with Gasteiger partial charge in [-0.05, 0) is 24.0 Å². The molecule has 2 aliphatic rings. The van der Waals surface area contributed by atoms with Crippen LogP contribution in [0.4, 0.5) is 4.79 Å². The molecule has 1 N–H and O–H groups in total. The number of hydrogen-bond acceptors (Lipinski definition) is 4. The van der Waals surface area contributed by atoms with Crippen molar-refractivity contribution in [2.45, 2.75) is 30.7 Å². The smallest absolute Gasteiger partial charge is 0.409 e. The molecule has 3 rings (SSSR count). The number of carbonyl (C=O) groups is 1. The molecule has 1 saturated heterocycles. The Bertz CT molecular complexity index is 501. The molecule has 2 aliphatic heterocycles. The molecule has 0 saturated carbocycles. The number of likely N-dealkylation sites (tertiary alicyclic amines) is 1. The average molecular weight is 306 g/mol. The number of carbonyl (C=O) groups excluding carboxylic acids is 1. The summed E-state index contributed by atoms with van der Waals surface area (Å²) in [5.41, 5.74) is 2.91. The topological polar surface area (TPSA) is 41.6 Å². The van der Waals surface area contributed by atoms with Crippen LogP contribution in [-0.2, 0) is 10.5 Å². The molecule has 1 aromatic carbocycles. The number of amides is 1. The quantitative estimate of drug-likeness (QED) is 0.912. The second-order valence-electron chi connectivity index (χ2n) is 5.66. The van der Waals surface area contributed by atoms with Gasteiger partial charge in [-0.25, -0.2) is 4.79 Å². The van der Waals surface area contributed by atoms with Gasteiger partial charge in [-0.15, -0.1) is 0 Å². The zero-order valence-corrected chi connectivity index (χ0v) is 13.2. The molecule has 0 bridgehead atoms. The van der Waals surface area contributed by atoms with Crippen molar-refractivity contribution in [3.63, 3.8) is 0 Å². The fourth-order valence-corrected chi connectivity index (χ4v) is 4.27. The van der Waals surface area contributed by atoms with Crippen molar-refractivity contribution in [1.29, 1.82) is 0 Å². The Morgan fingerprint density at radius 2 is 2.10 bits per heavy atom. The van der Waals surface area contributed by atoms with Gasteiger partial charge in [0.15, 0.2) is 0 Å². The van der Waals surface area contributed by atoms with Gasteiger partial charge in [0.25, 0.3) is 0 Å². The molecular formula is C16H22N2O2S. The van der Waals surface area contributed by atoms with Crippen molar-refractivity contribution >= 4 is 17.9 Å². The lowest BCUT2D eigenvalue weighted by Gasteiger charge is -2.35. The summed E-state index contributed by atoms with van der Waals surface area (Å²) >= 11 is 2.00. The first-order valence-corrected chi connectivity index (χ1v) is 8.68. The number of methoxy groups -OCH3 is 1. The van der Waals surface area contributed by atoms with E-state index in [1.165, 1.54) is 18.2 Å². The highest BCUT2D eigenvalue weighted by Gasteiger charge is 2.27. The van der Waals surface area contributed by atoms with Gasteiger partial charge in [-0.1, -0.05) is 24.3 Å². The van der Waals surface area contributed by atoms with E-state index in [4.69, 9.17) is 4.74 Å². The monoisotopic (exact) mass is 306 g/mol. The Morgan fingerprint density at radius 1 is 1.33 bits per heavy atom. The Morgan fingerprint density at radius 3 is 2.86 bits per heavy atom. The molecule has 114 valence electrons. The molecule has 1 fully saturated rings. The molecule has 1 atom stereocenters. The molecule has 1 amide bonds. The van der Waals surface area contributed by atoms with Crippen molar-refractivity contribution in [2.24, 2.45) is 0 Å². The Kier molecular flexibility index (Phi) is 4.70. The van der Waals surface area contributed by atoms with Gasteiger partial charge in [0.1, 0.15) is 0 Å². The van der Waals surface area contributed by atoms with Gasteiger partial charge >= 0.3 is 6.09 Å². The van der Waals surface area contributed by atoms with Crippen LogP contribution in [0.25, 0.3) is 0 Å². The molecule has 21 heavy (non-hydrogen) atoms. The van der Waals surface area contributed by atoms with Crippen molar-refractivity contribution in [3.8, 4) is 0 Å². The van der Waals surface area contributed by atoms with Crippen LogP contribution in [0.15, 0.2) is 24.3 Å². The van der Waals surface area contributed by atoms with Gasteiger partial charge in [0.05, 0.1) is 7.11 Å².